The van der Waals surface area contributed by atoms with Crippen LogP contribution >= 0.6 is 15.9 Å². The van der Waals surface area contributed by atoms with Crippen molar-refractivity contribution >= 4 is 32.6 Å². The second kappa shape index (κ2) is 8.84. The molecule has 1 aliphatic heterocycles. The molecule has 0 saturated carbocycles. The van der Waals surface area contributed by atoms with E-state index in [9.17, 15) is 4.79 Å². The number of carbonyl (C=O) groups is 1. The van der Waals surface area contributed by atoms with E-state index in [2.05, 4.69) is 40.0 Å². The van der Waals surface area contributed by atoms with Gasteiger partial charge in [-0.3, -0.25) is 9.69 Å². The molecule has 2 aromatic rings. The molecular formula is C20H25BrN2O3. The number of amides is 1. The SMILES string of the molecule is CC1CN(CCNC(=O)COc2ccc3ccccc3c2Br)CC(C)O1. The Balaban J connectivity index is 1.45. The average Bonchev–Trinajstić information content (AvgIpc) is 2.60. The summed E-state index contributed by atoms with van der Waals surface area (Å²) in [6.45, 7) is 7.41. The minimum Gasteiger partial charge on any atom is -0.483 e. The maximum Gasteiger partial charge on any atom is 0.257 e. The van der Waals surface area contributed by atoms with Crippen molar-refractivity contribution in [1.82, 2.24) is 10.2 Å². The van der Waals surface area contributed by atoms with Crippen molar-refractivity contribution in [2.45, 2.75) is 26.1 Å². The number of hydrogen-bond donors (Lipinski definition) is 1. The standard InChI is InChI=1S/C20H25BrN2O3/c1-14-11-23(12-15(2)26-14)10-9-22-19(24)13-25-18-8-7-16-5-3-4-6-17(16)20(18)21/h3-8,14-15H,9-13H2,1-2H3,(H,22,24). The summed E-state index contributed by atoms with van der Waals surface area (Å²) >= 11 is 3.57. The van der Waals surface area contributed by atoms with E-state index in [0.717, 1.165) is 34.9 Å². The second-order valence-electron chi connectivity index (χ2n) is 6.75. The van der Waals surface area contributed by atoms with E-state index in [4.69, 9.17) is 9.47 Å². The van der Waals surface area contributed by atoms with Gasteiger partial charge in [-0.05, 0) is 46.6 Å². The van der Waals surface area contributed by atoms with Crippen LogP contribution in [0.3, 0.4) is 0 Å². The molecule has 0 bridgehead atoms. The first-order valence-electron chi connectivity index (χ1n) is 8.97. The van der Waals surface area contributed by atoms with Crippen molar-refractivity contribution in [3.05, 3.63) is 40.9 Å². The lowest BCUT2D eigenvalue weighted by atomic mass is 10.1. The Labute approximate surface area is 162 Å². The molecule has 1 saturated heterocycles. The van der Waals surface area contributed by atoms with Gasteiger partial charge in [0, 0.05) is 26.2 Å². The number of carbonyl (C=O) groups excluding carboxylic acids is 1. The minimum absolute atomic E-state index is 0.00680. The van der Waals surface area contributed by atoms with Gasteiger partial charge in [0.25, 0.3) is 5.91 Å². The highest BCUT2D eigenvalue weighted by Gasteiger charge is 2.21. The molecule has 6 heteroatoms. The van der Waals surface area contributed by atoms with Gasteiger partial charge in [0.15, 0.2) is 6.61 Å². The largest absolute Gasteiger partial charge is 0.483 e. The van der Waals surface area contributed by atoms with E-state index in [1.54, 1.807) is 0 Å². The van der Waals surface area contributed by atoms with Crippen LogP contribution in [0, 0.1) is 0 Å². The van der Waals surface area contributed by atoms with Crippen molar-refractivity contribution < 1.29 is 14.3 Å². The molecule has 0 aliphatic carbocycles. The van der Waals surface area contributed by atoms with Crippen molar-refractivity contribution in [3.8, 4) is 5.75 Å². The van der Waals surface area contributed by atoms with Crippen molar-refractivity contribution in [2.24, 2.45) is 0 Å². The maximum absolute atomic E-state index is 12.1. The zero-order valence-corrected chi connectivity index (χ0v) is 16.8. The molecule has 5 nitrogen and oxygen atoms in total. The highest BCUT2D eigenvalue weighted by Crippen LogP contribution is 2.32. The fourth-order valence-electron chi connectivity index (χ4n) is 3.34. The number of hydrogen-bond acceptors (Lipinski definition) is 4. The van der Waals surface area contributed by atoms with Gasteiger partial charge in [-0.15, -0.1) is 0 Å². The van der Waals surface area contributed by atoms with Crippen molar-refractivity contribution in [2.75, 3.05) is 32.8 Å². The van der Waals surface area contributed by atoms with Crippen molar-refractivity contribution in [1.29, 1.82) is 0 Å². The topological polar surface area (TPSA) is 50.8 Å². The lowest BCUT2D eigenvalue weighted by molar-refractivity contribution is -0.123. The van der Waals surface area contributed by atoms with E-state index in [1.807, 2.05) is 36.4 Å². The van der Waals surface area contributed by atoms with Gasteiger partial charge < -0.3 is 14.8 Å². The Morgan fingerprint density at radius 1 is 1.23 bits per heavy atom. The molecule has 1 fully saturated rings. The molecule has 3 rings (SSSR count). The van der Waals surface area contributed by atoms with Crippen LogP contribution in [-0.2, 0) is 9.53 Å². The number of nitrogens with zero attached hydrogens (tertiary/aromatic N) is 1. The number of halogens is 1. The van der Waals surface area contributed by atoms with Crippen molar-refractivity contribution in [3.63, 3.8) is 0 Å². The van der Waals surface area contributed by atoms with Crippen LogP contribution in [0.2, 0.25) is 0 Å². The summed E-state index contributed by atoms with van der Waals surface area (Å²) in [6.07, 6.45) is 0.478. The molecule has 0 aromatic heterocycles. The minimum atomic E-state index is -0.112. The van der Waals surface area contributed by atoms with Crippen LogP contribution in [-0.4, -0.2) is 55.8 Å². The fraction of sp³-hybridized carbons (Fsp3) is 0.450. The number of fused-ring (bicyclic) bond motifs is 1. The van der Waals surface area contributed by atoms with Gasteiger partial charge in [-0.2, -0.15) is 0 Å². The third kappa shape index (κ3) is 4.96. The van der Waals surface area contributed by atoms with Gasteiger partial charge in [0.1, 0.15) is 5.75 Å². The first-order chi connectivity index (χ1) is 12.5. The predicted octanol–water partition coefficient (Wildman–Crippen LogP) is 3.21. The Morgan fingerprint density at radius 2 is 1.96 bits per heavy atom. The maximum atomic E-state index is 12.1. The highest BCUT2D eigenvalue weighted by molar-refractivity contribution is 9.10. The molecule has 2 unspecified atom stereocenters. The first kappa shape index (κ1) is 19.1. The number of ether oxygens (including phenoxy) is 2. The molecular weight excluding hydrogens is 396 g/mol. The number of morpholine rings is 1. The van der Waals surface area contributed by atoms with Crippen LogP contribution in [0.25, 0.3) is 10.8 Å². The number of rotatable bonds is 6. The number of benzene rings is 2. The van der Waals surface area contributed by atoms with E-state index < -0.39 is 0 Å². The van der Waals surface area contributed by atoms with Crippen LogP contribution in [0.1, 0.15) is 13.8 Å². The molecule has 2 aromatic carbocycles. The normalized spacial score (nSPS) is 20.9. The smallest absolute Gasteiger partial charge is 0.257 e. The summed E-state index contributed by atoms with van der Waals surface area (Å²) in [5, 5.41) is 5.12. The Kier molecular flexibility index (Phi) is 6.51. The van der Waals surface area contributed by atoms with Gasteiger partial charge >= 0.3 is 0 Å². The molecule has 1 aliphatic rings. The van der Waals surface area contributed by atoms with Gasteiger partial charge in [0.2, 0.25) is 0 Å². The summed E-state index contributed by atoms with van der Waals surface area (Å²) in [5.41, 5.74) is 0. The molecule has 1 N–H and O–H groups in total. The van der Waals surface area contributed by atoms with Crippen LogP contribution in [0.5, 0.6) is 5.75 Å². The zero-order chi connectivity index (χ0) is 18.5. The van der Waals surface area contributed by atoms with Gasteiger partial charge in [-0.1, -0.05) is 30.3 Å². The van der Waals surface area contributed by atoms with Crippen LogP contribution in [0.15, 0.2) is 40.9 Å². The van der Waals surface area contributed by atoms with Crippen LogP contribution in [0.4, 0.5) is 0 Å². The second-order valence-corrected chi connectivity index (χ2v) is 7.55. The van der Waals surface area contributed by atoms with E-state index in [-0.39, 0.29) is 24.7 Å². The third-order valence-corrected chi connectivity index (χ3v) is 5.25. The molecule has 1 heterocycles. The quantitative estimate of drug-likeness (QED) is 0.779. The van der Waals surface area contributed by atoms with Gasteiger partial charge in [-0.25, -0.2) is 0 Å². The Morgan fingerprint density at radius 3 is 2.73 bits per heavy atom. The monoisotopic (exact) mass is 420 g/mol. The molecule has 2 atom stereocenters. The first-order valence-corrected chi connectivity index (χ1v) is 9.77. The Bertz CT molecular complexity index is 758. The van der Waals surface area contributed by atoms with Gasteiger partial charge in [0.05, 0.1) is 16.7 Å². The lowest BCUT2D eigenvalue weighted by Gasteiger charge is -2.35. The predicted molar refractivity (Wildman–Crippen MR) is 107 cm³/mol. The summed E-state index contributed by atoms with van der Waals surface area (Å²) in [4.78, 5) is 14.4. The molecule has 26 heavy (non-hydrogen) atoms. The summed E-state index contributed by atoms with van der Waals surface area (Å²) in [6, 6.07) is 11.9. The highest BCUT2D eigenvalue weighted by atomic mass is 79.9. The lowest BCUT2D eigenvalue weighted by Crippen LogP contribution is -2.48. The molecule has 0 radical (unpaired) electrons. The van der Waals surface area contributed by atoms with Crippen LogP contribution < -0.4 is 10.1 Å². The summed E-state index contributed by atoms with van der Waals surface area (Å²) < 4.78 is 12.3. The molecule has 0 spiro atoms. The third-order valence-electron chi connectivity index (χ3n) is 4.43. The summed E-state index contributed by atoms with van der Waals surface area (Å²) in [7, 11) is 0. The molecule has 1 amide bonds. The van der Waals surface area contributed by atoms with E-state index >= 15 is 0 Å². The Hall–Kier alpha value is -1.63. The number of nitrogens with one attached hydrogen (secondary N) is 1. The zero-order valence-electron chi connectivity index (χ0n) is 15.2. The summed E-state index contributed by atoms with van der Waals surface area (Å²) in [5.74, 6) is 0.564. The average molecular weight is 421 g/mol. The van der Waals surface area contributed by atoms with E-state index in [1.165, 1.54) is 0 Å². The van der Waals surface area contributed by atoms with E-state index in [0.29, 0.717) is 12.3 Å². The fourth-order valence-corrected chi connectivity index (χ4v) is 3.95. The molecule has 140 valence electrons.